The minimum Gasteiger partial charge on any atom is -0.496 e. The maximum Gasteiger partial charge on any atom is 0.257 e. The molecule has 0 atom stereocenters. The van der Waals surface area contributed by atoms with Crippen LogP contribution in [0.3, 0.4) is 0 Å². The van der Waals surface area contributed by atoms with Crippen LogP contribution in [0.5, 0.6) is 5.75 Å². The predicted molar refractivity (Wildman–Crippen MR) is 131 cm³/mol. The van der Waals surface area contributed by atoms with Crippen LogP contribution in [-0.2, 0) is 6.54 Å². The van der Waals surface area contributed by atoms with Crippen molar-refractivity contribution in [3.8, 4) is 5.75 Å². The standard InChI is InChI=1S/C27H27FN4O2/c1-34-26-18-21(32-13-5-7-20-6-2-3-9-25(20)32)10-11-22(26)27(33)31-16-14-30(15-17-31)19-24-23(28)8-4-12-29-24/h2-12,18H,13-17,19H2,1H3. The summed E-state index contributed by atoms with van der Waals surface area (Å²) in [6.07, 6.45) is 5.86. The zero-order valence-corrected chi connectivity index (χ0v) is 19.2. The van der Waals surface area contributed by atoms with Gasteiger partial charge in [0.05, 0.1) is 18.4 Å². The van der Waals surface area contributed by atoms with E-state index in [1.54, 1.807) is 19.4 Å². The zero-order valence-electron chi connectivity index (χ0n) is 19.2. The van der Waals surface area contributed by atoms with Crippen LogP contribution >= 0.6 is 0 Å². The summed E-state index contributed by atoms with van der Waals surface area (Å²) in [5.74, 6) is 0.219. The Morgan fingerprint density at radius 1 is 1.06 bits per heavy atom. The predicted octanol–water partition coefficient (Wildman–Crippen LogP) is 4.35. The van der Waals surface area contributed by atoms with Crippen LogP contribution in [0.25, 0.3) is 6.08 Å². The molecule has 3 heterocycles. The molecule has 7 heteroatoms. The van der Waals surface area contributed by atoms with E-state index in [4.69, 9.17) is 4.74 Å². The fourth-order valence-corrected chi connectivity index (χ4v) is 4.55. The topological polar surface area (TPSA) is 48.9 Å². The molecule has 1 aromatic heterocycles. The van der Waals surface area contributed by atoms with Gasteiger partial charge in [0, 0.05) is 62.9 Å². The van der Waals surface area contributed by atoms with Crippen LogP contribution in [0.15, 0.2) is 66.9 Å². The first-order chi connectivity index (χ1) is 16.6. The molecular weight excluding hydrogens is 431 g/mol. The van der Waals surface area contributed by atoms with E-state index in [1.807, 2.05) is 35.2 Å². The van der Waals surface area contributed by atoms with Crippen molar-refractivity contribution in [2.24, 2.45) is 0 Å². The maximum absolute atomic E-state index is 13.9. The van der Waals surface area contributed by atoms with Gasteiger partial charge >= 0.3 is 0 Å². The summed E-state index contributed by atoms with van der Waals surface area (Å²) in [6, 6.07) is 17.0. The molecule has 1 saturated heterocycles. The number of aromatic nitrogens is 1. The zero-order chi connectivity index (χ0) is 23.5. The van der Waals surface area contributed by atoms with Crippen LogP contribution in [-0.4, -0.2) is 60.5 Å². The average molecular weight is 459 g/mol. The molecule has 34 heavy (non-hydrogen) atoms. The van der Waals surface area contributed by atoms with Crippen LogP contribution in [0, 0.1) is 5.82 Å². The summed E-state index contributed by atoms with van der Waals surface area (Å²) in [6.45, 7) is 3.67. The molecule has 2 aromatic carbocycles. The van der Waals surface area contributed by atoms with Crippen LogP contribution < -0.4 is 9.64 Å². The van der Waals surface area contributed by atoms with E-state index < -0.39 is 0 Å². The highest BCUT2D eigenvalue weighted by Crippen LogP contribution is 2.35. The van der Waals surface area contributed by atoms with Gasteiger partial charge in [0.15, 0.2) is 0 Å². The van der Waals surface area contributed by atoms with E-state index in [0.717, 1.165) is 23.5 Å². The van der Waals surface area contributed by atoms with Gasteiger partial charge in [-0.05, 0) is 35.9 Å². The lowest BCUT2D eigenvalue weighted by molar-refractivity contribution is 0.0622. The summed E-state index contributed by atoms with van der Waals surface area (Å²) in [5.41, 5.74) is 4.26. The number of anilines is 2. The molecule has 2 aliphatic rings. The van der Waals surface area contributed by atoms with Crippen LogP contribution in [0.4, 0.5) is 15.8 Å². The fraction of sp³-hybridized carbons (Fsp3) is 0.259. The molecule has 0 bridgehead atoms. The number of rotatable bonds is 5. The average Bonchev–Trinajstić information content (AvgIpc) is 2.89. The fourth-order valence-electron chi connectivity index (χ4n) is 4.55. The largest absolute Gasteiger partial charge is 0.496 e. The molecule has 0 aliphatic carbocycles. The number of methoxy groups -OCH3 is 1. The second kappa shape index (κ2) is 9.65. The van der Waals surface area contributed by atoms with Gasteiger partial charge in [-0.1, -0.05) is 30.4 Å². The molecule has 174 valence electrons. The molecule has 0 unspecified atom stereocenters. The number of benzene rings is 2. The van der Waals surface area contributed by atoms with E-state index >= 15 is 0 Å². The number of carbonyl (C=O) groups excluding carboxylic acids is 1. The number of fused-ring (bicyclic) bond motifs is 1. The smallest absolute Gasteiger partial charge is 0.257 e. The van der Waals surface area contributed by atoms with Crippen LogP contribution in [0.1, 0.15) is 21.6 Å². The summed E-state index contributed by atoms with van der Waals surface area (Å²) in [7, 11) is 1.60. The van der Waals surface area contributed by atoms with Crippen molar-refractivity contribution < 1.29 is 13.9 Å². The highest BCUT2D eigenvalue weighted by atomic mass is 19.1. The molecule has 1 fully saturated rings. The van der Waals surface area contributed by atoms with Crippen molar-refractivity contribution in [1.82, 2.24) is 14.8 Å². The normalized spacial score (nSPS) is 15.8. The summed E-state index contributed by atoms with van der Waals surface area (Å²) in [5, 5.41) is 0. The summed E-state index contributed by atoms with van der Waals surface area (Å²) < 4.78 is 19.6. The Hall–Kier alpha value is -3.71. The first-order valence-corrected chi connectivity index (χ1v) is 11.5. The number of carbonyl (C=O) groups is 1. The van der Waals surface area contributed by atoms with Gasteiger partial charge in [0.25, 0.3) is 5.91 Å². The second-order valence-corrected chi connectivity index (χ2v) is 8.46. The first-order valence-electron chi connectivity index (χ1n) is 11.5. The molecule has 2 aliphatic heterocycles. The third kappa shape index (κ3) is 4.39. The van der Waals surface area contributed by atoms with Crippen molar-refractivity contribution in [1.29, 1.82) is 0 Å². The van der Waals surface area contributed by atoms with E-state index in [9.17, 15) is 9.18 Å². The van der Waals surface area contributed by atoms with Crippen molar-refractivity contribution in [3.63, 3.8) is 0 Å². The summed E-state index contributed by atoms with van der Waals surface area (Å²) >= 11 is 0. The van der Waals surface area contributed by atoms with E-state index in [2.05, 4.69) is 39.1 Å². The van der Waals surface area contributed by atoms with Gasteiger partial charge in [0.2, 0.25) is 0 Å². The molecule has 0 radical (unpaired) electrons. The second-order valence-electron chi connectivity index (χ2n) is 8.46. The van der Waals surface area contributed by atoms with Crippen molar-refractivity contribution in [2.45, 2.75) is 6.54 Å². The lowest BCUT2D eigenvalue weighted by Crippen LogP contribution is -2.48. The van der Waals surface area contributed by atoms with Gasteiger partial charge in [-0.2, -0.15) is 0 Å². The van der Waals surface area contributed by atoms with E-state index in [0.29, 0.717) is 49.7 Å². The SMILES string of the molecule is COc1cc(N2CC=Cc3ccccc32)ccc1C(=O)N1CCN(Cc2ncccc2F)CC1. The van der Waals surface area contributed by atoms with E-state index in [-0.39, 0.29) is 11.7 Å². The van der Waals surface area contributed by atoms with E-state index in [1.165, 1.54) is 6.07 Å². The van der Waals surface area contributed by atoms with Crippen LogP contribution in [0.2, 0.25) is 0 Å². The lowest BCUT2D eigenvalue weighted by atomic mass is 10.1. The Morgan fingerprint density at radius 2 is 1.88 bits per heavy atom. The monoisotopic (exact) mass is 458 g/mol. The Labute approximate surface area is 198 Å². The highest BCUT2D eigenvalue weighted by Gasteiger charge is 2.26. The number of nitrogens with zero attached hydrogens (tertiary/aromatic N) is 4. The number of hydrogen-bond donors (Lipinski definition) is 0. The molecule has 0 spiro atoms. The van der Waals surface area contributed by atoms with Gasteiger partial charge in [-0.25, -0.2) is 4.39 Å². The Balaban J connectivity index is 1.28. The quantitative estimate of drug-likeness (QED) is 0.569. The maximum atomic E-state index is 13.9. The lowest BCUT2D eigenvalue weighted by Gasteiger charge is -2.35. The number of para-hydroxylation sites is 1. The van der Waals surface area contributed by atoms with Gasteiger partial charge in [-0.3, -0.25) is 14.7 Å². The van der Waals surface area contributed by atoms with Gasteiger partial charge in [-0.15, -0.1) is 0 Å². The Bertz CT molecular complexity index is 1220. The van der Waals surface area contributed by atoms with Crippen molar-refractivity contribution >= 4 is 23.4 Å². The number of ether oxygens (including phenoxy) is 1. The van der Waals surface area contributed by atoms with Crippen molar-refractivity contribution in [3.05, 3.63) is 89.5 Å². The molecule has 0 N–H and O–H groups in total. The first kappa shape index (κ1) is 22.1. The van der Waals surface area contributed by atoms with Gasteiger partial charge in [0.1, 0.15) is 11.6 Å². The molecule has 1 amide bonds. The Kier molecular flexibility index (Phi) is 6.27. The minimum atomic E-state index is -0.294. The number of pyridine rings is 1. The molecule has 3 aromatic rings. The third-order valence-corrected chi connectivity index (χ3v) is 6.41. The minimum absolute atomic E-state index is 0.0500. The number of halogens is 1. The van der Waals surface area contributed by atoms with Gasteiger partial charge < -0.3 is 14.5 Å². The number of amides is 1. The molecular formula is C27H27FN4O2. The third-order valence-electron chi connectivity index (χ3n) is 6.41. The summed E-state index contributed by atoms with van der Waals surface area (Å²) in [4.78, 5) is 23.6. The molecule has 6 nitrogen and oxygen atoms in total. The number of piperazine rings is 1. The number of hydrogen-bond acceptors (Lipinski definition) is 5. The van der Waals surface area contributed by atoms with Crippen molar-refractivity contribution in [2.75, 3.05) is 44.7 Å². The Morgan fingerprint density at radius 3 is 2.68 bits per heavy atom. The highest BCUT2D eigenvalue weighted by molar-refractivity contribution is 5.98. The molecule has 5 rings (SSSR count). The molecule has 0 saturated carbocycles.